The number of rotatable bonds is 6. The van der Waals surface area contributed by atoms with Crippen LogP contribution in [0.15, 0.2) is 48.1 Å². The molecule has 132 valence electrons. The number of thiazole rings is 1. The summed E-state index contributed by atoms with van der Waals surface area (Å²) in [6, 6.07) is 9.38. The van der Waals surface area contributed by atoms with Crippen molar-refractivity contribution in [1.82, 2.24) is 9.97 Å². The first kappa shape index (κ1) is 16.7. The summed E-state index contributed by atoms with van der Waals surface area (Å²) in [5, 5.41) is 3.45. The van der Waals surface area contributed by atoms with Crippen molar-refractivity contribution in [3.63, 3.8) is 0 Å². The van der Waals surface area contributed by atoms with Crippen molar-refractivity contribution >= 4 is 22.2 Å². The summed E-state index contributed by atoms with van der Waals surface area (Å²) >= 11 is 1.31. The van der Waals surface area contributed by atoms with Crippen LogP contribution in [-0.2, 0) is 0 Å². The number of carbonyl (C=O) groups excluding carboxylic acids is 1. The maximum Gasteiger partial charge on any atom is 0.257 e. The van der Waals surface area contributed by atoms with Gasteiger partial charge < -0.3 is 10.1 Å². The van der Waals surface area contributed by atoms with E-state index in [2.05, 4.69) is 15.3 Å². The third kappa shape index (κ3) is 3.88. The van der Waals surface area contributed by atoms with E-state index in [1.165, 1.54) is 42.5 Å². The summed E-state index contributed by atoms with van der Waals surface area (Å²) < 4.78 is 18.7. The molecule has 4 rings (SSSR count). The van der Waals surface area contributed by atoms with Crippen LogP contribution in [0.5, 0.6) is 5.88 Å². The molecular formula is C19H16FN3O2S. The minimum atomic E-state index is -0.315. The number of pyridine rings is 1. The quantitative estimate of drug-likeness (QED) is 0.700. The monoisotopic (exact) mass is 369 g/mol. The van der Waals surface area contributed by atoms with Crippen LogP contribution in [0.3, 0.4) is 0 Å². The van der Waals surface area contributed by atoms with Gasteiger partial charge in [0.15, 0.2) is 0 Å². The van der Waals surface area contributed by atoms with Crippen LogP contribution in [0.4, 0.5) is 9.39 Å². The molecule has 1 aliphatic carbocycles. The number of anilines is 1. The van der Waals surface area contributed by atoms with Gasteiger partial charge in [-0.25, -0.2) is 14.4 Å². The van der Waals surface area contributed by atoms with E-state index in [0.717, 1.165) is 5.56 Å². The van der Waals surface area contributed by atoms with Crippen LogP contribution < -0.4 is 10.1 Å². The number of benzene rings is 1. The average Bonchev–Trinajstić information content (AvgIpc) is 3.39. The van der Waals surface area contributed by atoms with Gasteiger partial charge in [-0.3, -0.25) is 4.79 Å². The summed E-state index contributed by atoms with van der Waals surface area (Å²) in [5.74, 6) is 0.581. The highest BCUT2D eigenvalue weighted by molar-refractivity contribution is 7.14. The standard InChI is InChI=1S/C19H16FN3O2S/c20-15-6-3-13(4-7-15)17-19(26-11-22-17)23-18(24)14-5-8-16(21-9-14)25-10-12-1-2-12/h3-9,11-12H,1-2,10H2,(H,23,24). The SMILES string of the molecule is O=C(Nc1scnc1-c1ccc(F)cc1)c1ccc(OCC2CC2)nc1. The Kier molecular flexibility index (Phi) is 4.62. The van der Waals surface area contributed by atoms with Crippen LogP contribution in [0.1, 0.15) is 23.2 Å². The second-order valence-electron chi connectivity index (χ2n) is 6.13. The third-order valence-corrected chi connectivity index (χ3v) is 4.82. The highest BCUT2D eigenvalue weighted by Crippen LogP contribution is 2.31. The van der Waals surface area contributed by atoms with E-state index in [1.807, 2.05) is 0 Å². The van der Waals surface area contributed by atoms with Gasteiger partial charge in [0.1, 0.15) is 16.5 Å². The minimum Gasteiger partial charge on any atom is -0.477 e. The molecule has 2 aromatic heterocycles. The molecule has 1 saturated carbocycles. The van der Waals surface area contributed by atoms with Crippen LogP contribution in [0.25, 0.3) is 11.3 Å². The zero-order valence-corrected chi connectivity index (χ0v) is 14.6. The van der Waals surface area contributed by atoms with Crippen LogP contribution >= 0.6 is 11.3 Å². The zero-order valence-electron chi connectivity index (χ0n) is 13.8. The molecule has 1 N–H and O–H groups in total. The van der Waals surface area contributed by atoms with E-state index in [9.17, 15) is 9.18 Å². The molecule has 0 unspecified atom stereocenters. The van der Waals surface area contributed by atoms with E-state index in [4.69, 9.17) is 4.74 Å². The molecule has 1 aliphatic rings. The molecule has 1 fully saturated rings. The second-order valence-corrected chi connectivity index (χ2v) is 6.99. The Morgan fingerprint density at radius 2 is 2.00 bits per heavy atom. The van der Waals surface area contributed by atoms with Crippen molar-refractivity contribution in [3.05, 3.63) is 59.5 Å². The number of carbonyl (C=O) groups is 1. The van der Waals surface area contributed by atoms with Gasteiger partial charge >= 0.3 is 0 Å². The molecule has 0 saturated heterocycles. The van der Waals surface area contributed by atoms with Gasteiger partial charge in [-0.05, 0) is 49.1 Å². The number of amides is 1. The molecule has 0 bridgehead atoms. The number of nitrogens with one attached hydrogen (secondary N) is 1. The maximum atomic E-state index is 13.1. The molecule has 2 heterocycles. The first-order valence-corrected chi connectivity index (χ1v) is 9.16. The van der Waals surface area contributed by atoms with E-state index in [-0.39, 0.29) is 11.7 Å². The lowest BCUT2D eigenvalue weighted by atomic mass is 10.1. The topological polar surface area (TPSA) is 64.1 Å². The van der Waals surface area contributed by atoms with Gasteiger partial charge in [-0.15, -0.1) is 11.3 Å². The molecule has 0 radical (unpaired) electrons. The number of aromatic nitrogens is 2. The predicted molar refractivity (Wildman–Crippen MR) is 97.9 cm³/mol. The van der Waals surface area contributed by atoms with E-state index in [0.29, 0.717) is 34.7 Å². The van der Waals surface area contributed by atoms with E-state index >= 15 is 0 Å². The number of halogens is 1. The van der Waals surface area contributed by atoms with Crippen LogP contribution in [0, 0.1) is 11.7 Å². The zero-order chi connectivity index (χ0) is 17.9. The fourth-order valence-electron chi connectivity index (χ4n) is 2.41. The largest absolute Gasteiger partial charge is 0.477 e. The van der Waals surface area contributed by atoms with Gasteiger partial charge in [-0.1, -0.05) is 0 Å². The first-order chi connectivity index (χ1) is 12.7. The highest BCUT2D eigenvalue weighted by Gasteiger charge is 2.22. The molecular weight excluding hydrogens is 353 g/mol. The summed E-state index contributed by atoms with van der Waals surface area (Å²) in [5.41, 5.74) is 3.43. The summed E-state index contributed by atoms with van der Waals surface area (Å²) in [4.78, 5) is 20.9. The van der Waals surface area contributed by atoms with Crippen LogP contribution in [-0.4, -0.2) is 22.5 Å². The Hall–Kier alpha value is -2.80. The highest BCUT2D eigenvalue weighted by atomic mass is 32.1. The molecule has 0 atom stereocenters. The predicted octanol–water partition coefficient (Wildman–Crippen LogP) is 4.39. The molecule has 0 spiro atoms. The smallest absolute Gasteiger partial charge is 0.257 e. The minimum absolute atomic E-state index is 0.279. The van der Waals surface area contributed by atoms with Gasteiger partial charge in [0.05, 0.1) is 17.7 Å². The Morgan fingerprint density at radius 3 is 2.69 bits per heavy atom. The fraction of sp³-hybridized carbons (Fsp3) is 0.211. The molecule has 3 aromatic rings. The van der Waals surface area contributed by atoms with Gasteiger partial charge in [0, 0.05) is 17.8 Å². The Morgan fingerprint density at radius 1 is 1.19 bits per heavy atom. The van der Waals surface area contributed by atoms with Crippen molar-refractivity contribution in [2.45, 2.75) is 12.8 Å². The summed E-state index contributed by atoms with van der Waals surface area (Å²) in [6.07, 6.45) is 3.92. The Bertz CT molecular complexity index is 905. The Labute approximate surface area is 153 Å². The normalized spacial score (nSPS) is 13.4. The van der Waals surface area contributed by atoms with E-state index in [1.54, 1.807) is 29.8 Å². The van der Waals surface area contributed by atoms with Crippen molar-refractivity contribution in [3.8, 4) is 17.1 Å². The number of ether oxygens (including phenoxy) is 1. The fourth-order valence-corrected chi connectivity index (χ4v) is 3.11. The molecule has 26 heavy (non-hydrogen) atoms. The van der Waals surface area contributed by atoms with Crippen molar-refractivity contribution in [2.75, 3.05) is 11.9 Å². The molecule has 7 heteroatoms. The lowest BCUT2D eigenvalue weighted by Crippen LogP contribution is -2.12. The van der Waals surface area contributed by atoms with Crippen molar-refractivity contribution < 1.29 is 13.9 Å². The lowest BCUT2D eigenvalue weighted by molar-refractivity contribution is 0.102. The summed E-state index contributed by atoms with van der Waals surface area (Å²) in [6.45, 7) is 0.681. The first-order valence-electron chi connectivity index (χ1n) is 8.28. The molecule has 5 nitrogen and oxygen atoms in total. The van der Waals surface area contributed by atoms with Gasteiger partial charge in [-0.2, -0.15) is 0 Å². The molecule has 1 aromatic carbocycles. The number of hydrogen-bond donors (Lipinski definition) is 1. The van der Waals surface area contributed by atoms with Gasteiger partial charge in [0.25, 0.3) is 5.91 Å². The Balaban J connectivity index is 1.44. The third-order valence-electron chi connectivity index (χ3n) is 4.07. The van der Waals surface area contributed by atoms with Crippen molar-refractivity contribution in [2.24, 2.45) is 5.92 Å². The average molecular weight is 369 g/mol. The molecule has 0 aliphatic heterocycles. The summed E-state index contributed by atoms with van der Waals surface area (Å²) in [7, 11) is 0. The number of hydrogen-bond acceptors (Lipinski definition) is 5. The van der Waals surface area contributed by atoms with Gasteiger partial charge in [0.2, 0.25) is 5.88 Å². The van der Waals surface area contributed by atoms with Crippen LogP contribution in [0.2, 0.25) is 0 Å². The van der Waals surface area contributed by atoms with E-state index < -0.39 is 0 Å². The second kappa shape index (κ2) is 7.21. The van der Waals surface area contributed by atoms with Crippen molar-refractivity contribution in [1.29, 1.82) is 0 Å². The lowest BCUT2D eigenvalue weighted by Gasteiger charge is -2.07. The maximum absolute atomic E-state index is 13.1. The number of nitrogens with zero attached hydrogens (tertiary/aromatic N) is 2. The molecule has 1 amide bonds.